The van der Waals surface area contributed by atoms with Crippen LogP contribution in [-0.4, -0.2) is 96.8 Å². The molecule has 0 bridgehead atoms. The minimum Gasteiger partial charge on any atom is -0.459 e. The summed E-state index contributed by atoms with van der Waals surface area (Å²) < 4.78 is 23.1. The van der Waals surface area contributed by atoms with Gasteiger partial charge in [0.25, 0.3) is 0 Å². The molecule has 1 aliphatic carbocycles. The molecule has 1 unspecified atom stereocenters. The topological polar surface area (TPSA) is 191 Å². The molecule has 1 heterocycles. The monoisotopic (exact) mass is 1020 g/mol. The van der Waals surface area contributed by atoms with Gasteiger partial charge in [-0.05, 0) is 104 Å². The van der Waals surface area contributed by atoms with E-state index in [9.17, 15) is 28.8 Å². The SMILES string of the molecule is CC(C)C[C@@H]1NC(=O)[C@H](Cc2ccc(OC(=O)OCc3ccccc3Br)cc2)NC(CNC(=O)OCC2c3ccccc3-c3ccccc32)CCN(CC(=O)OC(C)(C)C)C(=O)[C@H](CC(C)C)NC1=O. The number of halogens is 1. The van der Waals surface area contributed by atoms with E-state index in [-0.39, 0.29) is 75.5 Å². The smallest absolute Gasteiger partial charge is 0.459 e. The Balaban J connectivity index is 1.26. The van der Waals surface area contributed by atoms with E-state index in [2.05, 4.69) is 49.3 Å². The highest BCUT2D eigenvalue weighted by atomic mass is 79.9. The third-order valence-electron chi connectivity index (χ3n) is 11.9. The summed E-state index contributed by atoms with van der Waals surface area (Å²) in [5, 5.41) is 12.2. The van der Waals surface area contributed by atoms with Gasteiger partial charge in [0.1, 0.15) is 43.2 Å². The third kappa shape index (κ3) is 15.4. The second-order valence-corrected chi connectivity index (χ2v) is 20.6. The maximum Gasteiger partial charge on any atom is 0.514 e. The minimum atomic E-state index is -1.02. The van der Waals surface area contributed by atoms with Crippen LogP contribution in [0, 0.1) is 11.8 Å². The van der Waals surface area contributed by atoms with Crippen LogP contribution in [0.4, 0.5) is 9.59 Å². The summed E-state index contributed by atoms with van der Waals surface area (Å²) in [4.78, 5) is 84.4. The van der Waals surface area contributed by atoms with Crippen LogP contribution in [0.3, 0.4) is 0 Å². The van der Waals surface area contributed by atoms with Gasteiger partial charge < -0.3 is 45.1 Å². The van der Waals surface area contributed by atoms with E-state index >= 15 is 0 Å². The number of rotatable bonds is 15. The minimum absolute atomic E-state index is 0.000297. The van der Waals surface area contributed by atoms with Gasteiger partial charge in [0.15, 0.2) is 0 Å². The van der Waals surface area contributed by atoms with E-state index < -0.39 is 72.3 Å². The maximum absolute atomic E-state index is 14.6. The Hall–Kier alpha value is -6.26. The van der Waals surface area contributed by atoms with Gasteiger partial charge in [-0.1, -0.05) is 122 Å². The first-order valence-electron chi connectivity index (χ1n) is 24.0. The van der Waals surface area contributed by atoms with Crippen LogP contribution in [0.2, 0.25) is 0 Å². The average Bonchev–Trinajstić information content (AvgIpc) is 3.62. The Morgan fingerprint density at radius 1 is 0.757 bits per heavy atom. The van der Waals surface area contributed by atoms with Crippen LogP contribution in [0.5, 0.6) is 5.75 Å². The lowest BCUT2D eigenvalue weighted by Gasteiger charge is -2.31. The van der Waals surface area contributed by atoms with E-state index in [1.165, 1.54) is 4.90 Å². The highest BCUT2D eigenvalue weighted by molar-refractivity contribution is 9.10. The fourth-order valence-corrected chi connectivity index (χ4v) is 9.09. The number of hydrogen-bond acceptors (Lipinski definition) is 11. The van der Waals surface area contributed by atoms with Gasteiger partial charge in [-0.25, -0.2) is 9.59 Å². The van der Waals surface area contributed by atoms with Crippen molar-refractivity contribution in [1.29, 1.82) is 0 Å². The number of alkyl carbamates (subject to hydrolysis) is 1. The van der Waals surface area contributed by atoms with Crippen molar-refractivity contribution in [2.75, 3.05) is 26.2 Å². The number of hydrogen-bond donors (Lipinski definition) is 4. The van der Waals surface area contributed by atoms with Gasteiger partial charge in [-0.3, -0.25) is 19.2 Å². The number of nitrogens with one attached hydrogen (secondary N) is 4. The second-order valence-electron chi connectivity index (χ2n) is 19.7. The van der Waals surface area contributed by atoms with Crippen LogP contribution < -0.4 is 26.0 Å². The number of nitrogens with zero attached hydrogens (tertiary/aromatic N) is 1. The molecule has 0 radical (unpaired) electrons. The van der Waals surface area contributed by atoms with Gasteiger partial charge in [-0.2, -0.15) is 0 Å². The zero-order valence-corrected chi connectivity index (χ0v) is 42.6. The molecule has 16 heteroatoms. The average molecular weight is 1030 g/mol. The van der Waals surface area contributed by atoms with Crippen molar-refractivity contribution >= 4 is 51.9 Å². The molecule has 0 aromatic heterocycles. The zero-order valence-electron chi connectivity index (χ0n) is 41.1. The number of carbonyl (C=O) groups is 6. The van der Waals surface area contributed by atoms with Gasteiger partial charge in [0.05, 0.1) is 6.04 Å². The predicted octanol–water partition coefficient (Wildman–Crippen LogP) is 8.21. The molecule has 374 valence electrons. The van der Waals surface area contributed by atoms with Gasteiger partial charge in [-0.15, -0.1) is 0 Å². The Labute approximate surface area is 419 Å². The van der Waals surface area contributed by atoms with Crippen molar-refractivity contribution in [3.63, 3.8) is 0 Å². The van der Waals surface area contributed by atoms with Crippen molar-refractivity contribution in [3.05, 3.63) is 124 Å². The van der Waals surface area contributed by atoms with Crippen LogP contribution >= 0.6 is 15.9 Å². The first kappa shape index (κ1) is 53.1. The molecule has 4 amide bonds. The van der Waals surface area contributed by atoms with Crippen LogP contribution in [-0.2, 0) is 46.4 Å². The summed E-state index contributed by atoms with van der Waals surface area (Å²) in [5.74, 6) is -2.11. The number of esters is 1. The lowest BCUT2D eigenvalue weighted by atomic mass is 9.98. The number of benzene rings is 4. The predicted molar refractivity (Wildman–Crippen MR) is 269 cm³/mol. The van der Waals surface area contributed by atoms with Gasteiger partial charge in [0.2, 0.25) is 17.7 Å². The van der Waals surface area contributed by atoms with E-state index in [0.29, 0.717) is 5.56 Å². The van der Waals surface area contributed by atoms with Crippen LogP contribution in [0.15, 0.2) is 102 Å². The number of ether oxygens (including phenoxy) is 4. The Morgan fingerprint density at radius 2 is 1.34 bits per heavy atom. The number of amides is 4. The largest absolute Gasteiger partial charge is 0.514 e. The first-order valence-corrected chi connectivity index (χ1v) is 24.8. The maximum atomic E-state index is 14.6. The summed E-state index contributed by atoms with van der Waals surface area (Å²) in [6.07, 6.45) is -0.765. The summed E-state index contributed by atoms with van der Waals surface area (Å²) in [6.45, 7) is 12.6. The number of carbonyl (C=O) groups excluding carboxylic acids is 6. The molecule has 70 heavy (non-hydrogen) atoms. The quantitative estimate of drug-likeness (QED) is 0.0510. The van der Waals surface area contributed by atoms with Crippen molar-refractivity contribution in [2.45, 2.75) is 116 Å². The molecule has 0 saturated carbocycles. The van der Waals surface area contributed by atoms with Gasteiger partial charge >= 0.3 is 18.2 Å². The highest BCUT2D eigenvalue weighted by Gasteiger charge is 2.36. The Morgan fingerprint density at radius 3 is 1.97 bits per heavy atom. The van der Waals surface area contributed by atoms with E-state index in [1.54, 1.807) is 45.0 Å². The molecule has 2 aliphatic rings. The van der Waals surface area contributed by atoms with Crippen LogP contribution in [0.25, 0.3) is 11.1 Å². The van der Waals surface area contributed by atoms with Crippen molar-refractivity contribution in [3.8, 4) is 16.9 Å². The normalized spacial score (nSPS) is 18.9. The Bertz CT molecular complexity index is 2430. The molecule has 4 atom stereocenters. The molecule has 4 aromatic rings. The molecule has 15 nitrogen and oxygen atoms in total. The van der Waals surface area contributed by atoms with Gasteiger partial charge in [0, 0.05) is 35.1 Å². The molecule has 4 N–H and O–H groups in total. The number of fused-ring (bicyclic) bond motifs is 3. The Kier molecular flexibility index (Phi) is 18.6. The standard InChI is InChI=1S/C54H66BrN5O10/c1-33(2)26-45-49(62)59-47(27-34(3)4)51(64)60(30-48(61)70-54(5,6)7)25-24-37(29-56-52(65)67-32-43-41-17-11-9-15-39(41)40-16-10-12-18-42(40)43)57-46(50(63)58-45)28-35-20-22-38(23-21-35)69-53(66)68-31-36-14-8-13-19-44(36)55/h8-23,33-34,37,43,45-47,57H,24-32H2,1-7H3,(H,56,65)(H,58,63)(H,59,62)/t37?,45-,46-,47-/m0/s1. The van der Waals surface area contributed by atoms with E-state index in [0.717, 1.165) is 32.3 Å². The van der Waals surface area contributed by atoms with Crippen LogP contribution in [0.1, 0.15) is 95.9 Å². The third-order valence-corrected chi connectivity index (χ3v) is 12.7. The molecule has 1 saturated heterocycles. The summed E-state index contributed by atoms with van der Waals surface area (Å²) in [6, 6.07) is 26.4. The molecule has 0 spiro atoms. The molecular formula is C54H66BrN5O10. The molecule has 4 aromatic carbocycles. The fourth-order valence-electron chi connectivity index (χ4n) is 8.69. The molecule has 6 rings (SSSR count). The second kappa shape index (κ2) is 24.5. The van der Waals surface area contributed by atoms with Crippen molar-refractivity contribution in [1.82, 2.24) is 26.2 Å². The molecule has 1 aliphatic heterocycles. The summed E-state index contributed by atoms with van der Waals surface area (Å²) in [7, 11) is 0. The molecule has 1 fully saturated rings. The molecular weight excluding hydrogens is 959 g/mol. The summed E-state index contributed by atoms with van der Waals surface area (Å²) >= 11 is 3.45. The summed E-state index contributed by atoms with van der Waals surface area (Å²) in [5.41, 5.74) is 4.93. The fraction of sp³-hybridized carbons (Fsp3) is 0.444. The van der Waals surface area contributed by atoms with E-state index in [1.807, 2.05) is 88.4 Å². The zero-order chi connectivity index (χ0) is 50.5. The van der Waals surface area contributed by atoms with Crippen molar-refractivity contribution < 1.29 is 47.7 Å². The lowest BCUT2D eigenvalue weighted by Crippen LogP contribution is -2.58. The highest BCUT2D eigenvalue weighted by Crippen LogP contribution is 2.44. The first-order chi connectivity index (χ1) is 33.3. The van der Waals surface area contributed by atoms with Crippen molar-refractivity contribution in [2.24, 2.45) is 11.8 Å². The lowest BCUT2D eigenvalue weighted by molar-refractivity contribution is -0.159. The van der Waals surface area contributed by atoms with E-state index in [4.69, 9.17) is 18.9 Å².